The van der Waals surface area contributed by atoms with Crippen molar-refractivity contribution in [3.63, 3.8) is 0 Å². The summed E-state index contributed by atoms with van der Waals surface area (Å²) in [4.78, 5) is 41.2. The van der Waals surface area contributed by atoms with Crippen molar-refractivity contribution >= 4 is 34.7 Å². The van der Waals surface area contributed by atoms with E-state index in [0.29, 0.717) is 13.1 Å². The van der Waals surface area contributed by atoms with Crippen LogP contribution >= 0.6 is 11.6 Å². The van der Waals surface area contributed by atoms with Gasteiger partial charge in [-0.05, 0) is 30.0 Å². The van der Waals surface area contributed by atoms with Gasteiger partial charge in [-0.1, -0.05) is 39.3 Å². The molecule has 10 heteroatoms. The number of carbonyl (C=O) groups is 1. The highest BCUT2D eigenvalue weighted by Crippen LogP contribution is 2.23. The maximum atomic E-state index is 13.2. The number of nitrogen functional groups attached to an aromatic ring is 1. The lowest BCUT2D eigenvalue weighted by Gasteiger charge is -2.27. The Labute approximate surface area is 178 Å². The van der Waals surface area contributed by atoms with Crippen LogP contribution in [0.1, 0.15) is 27.7 Å². The molecule has 2 rings (SSSR count). The number of carbonyl (C=O) groups excluding carboxylic acids is 1. The van der Waals surface area contributed by atoms with E-state index in [0.717, 1.165) is 6.07 Å². The van der Waals surface area contributed by atoms with Gasteiger partial charge < -0.3 is 16.0 Å². The van der Waals surface area contributed by atoms with Crippen LogP contribution in [0.25, 0.3) is 0 Å². The van der Waals surface area contributed by atoms with Crippen molar-refractivity contribution in [1.82, 2.24) is 9.55 Å². The molecule has 0 aliphatic rings. The molecule has 0 fully saturated rings. The molecule has 0 saturated carbocycles. The molecular weight excluding hydrogens is 413 g/mol. The van der Waals surface area contributed by atoms with Crippen molar-refractivity contribution in [2.45, 2.75) is 34.2 Å². The molecule has 30 heavy (non-hydrogen) atoms. The SMILES string of the molecule is CC(C)CN(CC(=O)Nc1ccc(F)cc1Cl)c1c(N)n(CC(C)C)c(=O)[nH]c1=O. The Kier molecular flexibility index (Phi) is 7.66. The summed E-state index contributed by atoms with van der Waals surface area (Å²) < 4.78 is 14.5. The third-order valence-corrected chi connectivity index (χ3v) is 4.52. The van der Waals surface area contributed by atoms with Crippen LogP contribution in [0.2, 0.25) is 5.02 Å². The summed E-state index contributed by atoms with van der Waals surface area (Å²) in [5.41, 5.74) is 5.24. The number of H-pyrrole nitrogens is 1. The number of hydrogen-bond acceptors (Lipinski definition) is 5. The molecule has 0 aliphatic heterocycles. The lowest BCUT2D eigenvalue weighted by Crippen LogP contribution is -2.43. The highest BCUT2D eigenvalue weighted by atomic mass is 35.5. The van der Waals surface area contributed by atoms with Crippen molar-refractivity contribution in [2.75, 3.05) is 29.0 Å². The van der Waals surface area contributed by atoms with Crippen LogP contribution in [0, 0.1) is 17.7 Å². The van der Waals surface area contributed by atoms with Gasteiger partial charge in [0.2, 0.25) is 5.91 Å². The van der Waals surface area contributed by atoms with Gasteiger partial charge in [0.05, 0.1) is 17.3 Å². The number of hydrogen-bond donors (Lipinski definition) is 3. The molecule has 1 amide bonds. The summed E-state index contributed by atoms with van der Waals surface area (Å²) in [5.74, 6) is -0.774. The number of rotatable bonds is 8. The van der Waals surface area contributed by atoms with Gasteiger partial charge in [-0.2, -0.15) is 0 Å². The minimum absolute atomic E-state index is 0.00529. The second-order valence-electron chi connectivity index (χ2n) is 7.94. The van der Waals surface area contributed by atoms with E-state index >= 15 is 0 Å². The molecule has 0 saturated heterocycles. The molecule has 0 bridgehead atoms. The zero-order chi connectivity index (χ0) is 22.6. The highest BCUT2D eigenvalue weighted by molar-refractivity contribution is 6.33. The molecule has 2 aromatic rings. The highest BCUT2D eigenvalue weighted by Gasteiger charge is 2.22. The van der Waals surface area contributed by atoms with Crippen LogP contribution in [0.5, 0.6) is 0 Å². The minimum Gasteiger partial charge on any atom is -0.383 e. The number of anilines is 3. The van der Waals surface area contributed by atoms with Gasteiger partial charge in [0.25, 0.3) is 5.56 Å². The topological polar surface area (TPSA) is 113 Å². The van der Waals surface area contributed by atoms with Crippen molar-refractivity contribution in [1.29, 1.82) is 0 Å². The van der Waals surface area contributed by atoms with Gasteiger partial charge in [0.15, 0.2) is 0 Å². The molecule has 4 N–H and O–H groups in total. The molecule has 0 aliphatic carbocycles. The van der Waals surface area contributed by atoms with E-state index < -0.39 is 23.0 Å². The van der Waals surface area contributed by atoms with Gasteiger partial charge in [0.1, 0.15) is 17.3 Å². The maximum Gasteiger partial charge on any atom is 0.330 e. The third-order valence-electron chi connectivity index (χ3n) is 4.20. The predicted molar refractivity (Wildman–Crippen MR) is 118 cm³/mol. The van der Waals surface area contributed by atoms with Crippen LogP contribution in [0.15, 0.2) is 27.8 Å². The first-order chi connectivity index (χ1) is 14.0. The minimum atomic E-state index is -0.661. The van der Waals surface area contributed by atoms with Crippen molar-refractivity contribution in [2.24, 2.45) is 11.8 Å². The number of nitrogens with one attached hydrogen (secondary N) is 2. The van der Waals surface area contributed by atoms with E-state index in [1.165, 1.54) is 21.6 Å². The first-order valence-corrected chi connectivity index (χ1v) is 9.99. The molecule has 0 spiro atoms. The fraction of sp³-hybridized carbons (Fsp3) is 0.450. The van der Waals surface area contributed by atoms with E-state index in [4.69, 9.17) is 17.3 Å². The van der Waals surface area contributed by atoms with Gasteiger partial charge in [-0.15, -0.1) is 0 Å². The second kappa shape index (κ2) is 9.80. The lowest BCUT2D eigenvalue weighted by molar-refractivity contribution is -0.115. The van der Waals surface area contributed by atoms with Gasteiger partial charge in [-0.3, -0.25) is 19.1 Å². The Bertz CT molecular complexity index is 1030. The maximum absolute atomic E-state index is 13.2. The molecule has 8 nitrogen and oxygen atoms in total. The van der Waals surface area contributed by atoms with Crippen LogP contribution in [-0.4, -0.2) is 28.5 Å². The van der Waals surface area contributed by atoms with Crippen molar-refractivity contribution in [3.8, 4) is 0 Å². The summed E-state index contributed by atoms with van der Waals surface area (Å²) >= 11 is 5.97. The molecule has 1 aromatic heterocycles. The Morgan fingerprint density at radius 2 is 1.93 bits per heavy atom. The number of aromatic nitrogens is 2. The number of benzene rings is 1. The Morgan fingerprint density at radius 1 is 1.27 bits per heavy atom. The van der Waals surface area contributed by atoms with E-state index in [9.17, 15) is 18.8 Å². The number of nitrogens with two attached hydrogens (primary N) is 1. The third kappa shape index (κ3) is 5.85. The predicted octanol–water partition coefficient (Wildman–Crippen LogP) is 2.67. The summed E-state index contributed by atoms with van der Waals surface area (Å²) in [6, 6.07) is 3.62. The standard InChI is InChI=1S/C20H27ClFN5O3/c1-11(2)8-26(10-16(28)24-15-6-5-13(22)7-14(15)21)17-18(23)27(9-12(3)4)20(30)25-19(17)29/h5-7,11-12H,8-10,23H2,1-4H3,(H,24,28)(H,25,29,30). The van der Waals surface area contributed by atoms with E-state index in [1.807, 2.05) is 27.7 Å². The van der Waals surface area contributed by atoms with Crippen molar-refractivity contribution in [3.05, 3.63) is 49.9 Å². The van der Waals surface area contributed by atoms with Crippen LogP contribution in [-0.2, 0) is 11.3 Å². The molecule has 1 heterocycles. The van der Waals surface area contributed by atoms with Crippen LogP contribution in [0.3, 0.4) is 0 Å². The molecule has 0 radical (unpaired) electrons. The quantitative estimate of drug-likeness (QED) is 0.585. The van der Waals surface area contributed by atoms with Crippen LogP contribution in [0.4, 0.5) is 21.6 Å². The second-order valence-corrected chi connectivity index (χ2v) is 8.35. The zero-order valence-electron chi connectivity index (χ0n) is 17.5. The molecule has 1 aromatic carbocycles. The van der Waals surface area contributed by atoms with E-state index in [-0.39, 0.29) is 40.6 Å². The lowest BCUT2D eigenvalue weighted by atomic mass is 10.2. The van der Waals surface area contributed by atoms with Crippen LogP contribution < -0.4 is 27.2 Å². The summed E-state index contributed by atoms with van der Waals surface area (Å²) in [5, 5.41) is 2.66. The zero-order valence-corrected chi connectivity index (χ0v) is 18.2. The Balaban J connectivity index is 2.39. The van der Waals surface area contributed by atoms with Crippen molar-refractivity contribution < 1.29 is 9.18 Å². The monoisotopic (exact) mass is 439 g/mol. The molecule has 0 unspecified atom stereocenters. The fourth-order valence-electron chi connectivity index (χ4n) is 3.06. The number of aromatic amines is 1. The Hall–Kier alpha value is -2.81. The van der Waals surface area contributed by atoms with E-state index in [1.54, 1.807) is 0 Å². The summed E-state index contributed by atoms with van der Waals surface area (Å²) in [6.07, 6.45) is 0. The largest absolute Gasteiger partial charge is 0.383 e. The van der Waals surface area contributed by atoms with Gasteiger partial charge in [0, 0.05) is 13.1 Å². The smallest absolute Gasteiger partial charge is 0.330 e. The normalized spacial score (nSPS) is 11.2. The van der Waals surface area contributed by atoms with Gasteiger partial charge >= 0.3 is 5.69 Å². The fourth-order valence-corrected chi connectivity index (χ4v) is 3.27. The average Bonchev–Trinajstić information content (AvgIpc) is 2.60. The molecule has 0 atom stereocenters. The number of halogens is 2. The summed E-state index contributed by atoms with van der Waals surface area (Å²) in [6.45, 7) is 8.15. The number of nitrogens with zero attached hydrogens (tertiary/aromatic N) is 2. The Morgan fingerprint density at radius 3 is 2.50 bits per heavy atom. The van der Waals surface area contributed by atoms with Gasteiger partial charge in [-0.25, -0.2) is 9.18 Å². The molecular formula is C20H27ClFN5O3. The first-order valence-electron chi connectivity index (χ1n) is 9.62. The first kappa shape index (κ1) is 23.5. The summed E-state index contributed by atoms with van der Waals surface area (Å²) in [7, 11) is 0. The number of amides is 1. The molecule has 164 valence electrons. The van der Waals surface area contributed by atoms with E-state index in [2.05, 4.69) is 10.3 Å². The average molecular weight is 440 g/mol.